The van der Waals surface area contributed by atoms with Gasteiger partial charge in [-0.15, -0.1) is 0 Å². The van der Waals surface area contributed by atoms with Gasteiger partial charge in [0.25, 0.3) is 0 Å². The molecule has 6 heteroatoms. The maximum atomic E-state index is 11.7. The molecule has 116 valence electrons. The Morgan fingerprint density at radius 3 is 3.05 bits per heavy atom. The van der Waals surface area contributed by atoms with Crippen LogP contribution in [0.2, 0.25) is 0 Å². The predicted molar refractivity (Wildman–Crippen MR) is 82.8 cm³/mol. The number of benzene rings is 1. The van der Waals surface area contributed by atoms with Crippen LogP contribution >= 0.6 is 0 Å². The van der Waals surface area contributed by atoms with Gasteiger partial charge in [-0.1, -0.05) is 18.2 Å². The number of nitrogens with zero attached hydrogens (tertiary/aromatic N) is 2. The summed E-state index contributed by atoms with van der Waals surface area (Å²) in [6, 6.07) is 9.72. The normalized spacial score (nSPS) is 15.9. The van der Waals surface area contributed by atoms with Gasteiger partial charge in [-0.25, -0.2) is 4.79 Å². The molecule has 1 aliphatic heterocycles. The van der Waals surface area contributed by atoms with E-state index in [4.69, 9.17) is 4.74 Å². The Kier molecular flexibility index (Phi) is 4.58. The second-order valence-electron chi connectivity index (χ2n) is 5.31. The third-order valence-electron chi connectivity index (χ3n) is 3.61. The van der Waals surface area contributed by atoms with Crippen molar-refractivity contribution in [2.24, 2.45) is 0 Å². The van der Waals surface area contributed by atoms with E-state index in [0.717, 1.165) is 25.1 Å². The third-order valence-corrected chi connectivity index (χ3v) is 3.61. The minimum Gasteiger partial charge on any atom is -0.488 e. The largest absolute Gasteiger partial charge is 0.488 e. The minimum absolute atomic E-state index is 0.0206. The summed E-state index contributed by atoms with van der Waals surface area (Å²) in [4.78, 5) is 11.7. The zero-order valence-corrected chi connectivity index (χ0v) is 12.4. The molecule has 1 atom stereocenters. The highest BCUT2D eigenvalue weighted by atomic mass is 16.5. The van der Waals surface area contributed by atoms with Crippen LogP contribution in [0.1, 0.15) is 12.0 Å². The molecule has 22 heavy (non-hydrogen) atoms. The Hall–Kier alpha value is -2.50. The van der Waals surface area contributed by atoms with E-state index in [1.807, 2.05) is 35.1 Å². The van der Waals surface area contributed by atoms with Crippen molar-refractivity contribution < 1.29 is 9.53 Å². The summed E-state index contributed by atoms with van der Waals surface area (Å²) in [5.74, 6) is 0.925. The summed E-state index contributed by atoms with van der Waals surface area (Å²) in [5, 5.41) is 9.81. The summed E-state index contributed by atoms with van der Waals surface area (Å²) in [6.07, 6.45) is 5.37. The predicted octanol–water partition coefficient (Wildman–Crippen LogP) is 1.58. The van der Waals surface area contributed by atoms with E-state index in [0.29, 0.717) is 13.1 Å². The van der Waals surface area contributed by atoms with Crippen molar-refractivity contribution in [3.8, 4) is 5.75 Å². The number of aromatic nitrogens is 2. The number of ether oxygens (including phenoxy) is 1. The first-order valence-electron chi connectivity index (χ1n) is 7.55. The summed E-state index contributed by atoms with van der Waals surface area (Å²) < 4.78 is 7.63. The highest BCUT2D eigenvalue weighted by Crippen LogP contribution is 2.27. The van der Waals surface area contributed by atoms with Gasteiger partial charge in [0.15, 0.2) is 0 Å². The fourth-order valence-electron chi connectivity index (χ4n) is 2.51. The Bertz CT molecular complexity index is 587. The quantitative estimate of drug-likeness (QED) is 0.796. The van der Waals surface area contributed by atoms with E-state index >= 15 is 0 Å². The van der Waals surface area contributed by atoms with Crippen molar-refractivity contribution >= 4 is 6.03 Å². The molecule has 2 amide bonds. The number of carbonyl (C=O) groups excluding carboxylic acids is 1. The molecule has 0 aliphatic carbocycles. The summed E-state index contributed by atoms with van der Waals surface area (Å²) in [5.41, 5.74) is 1.20. The number of nitrogens with one attached hydrogen (secondary N) is 2. The van der Waals surface area contributed by atoms with Crippen molar-refractivity contribution in [1.82, 2.24) is 20.4 Å². The molecule has 2 heterocycles. The molecule has 3 rings (SSSR count). The fourth-order valence-corrected chi connectivity index (χ4v) is 2.51. The molecular formula is C16H20N4O2. The van der Waals surface area contributed by atoms with E-state index in [1.54, 1.807) is 6.20 Å². The number of urea groups is 1. The second-order valence-corrected chi connectivity index (χ2v) is 5.31. The summed E-state index contributed by atoms with van der Waals surface area (Å²) in [7, 11) is 0. The second kappa shape index (κ2) is 6.98. The minimum atomic E-state index is -0.153. The molecular weight excluding hydrogens is 280 g/mol. The number of hydrogen-bond donors (Lipinski definition) is 2. The lowest BCUT2D eigenvalue weighted by molar-refractivity contribution is 0.214. The van der Waals surface area contributed by atoms with E-state index in [2.05, 4.69) is 21.8 Å². The first kappa shape index (κ1) is 14.4. The van der Waals surface area contributed by atoms with Gasteiger partial charge in [0.2, 0.25) is 0 Å². The van der Waals surface area contributed by atoms with Crippen LogP contribution in [0.4, 0.5) is 4.79 Å². The Labute approximate surface area is 129 Å². The van der Waals surface area contributed by atoms with Gasteiger partial charge in [0, 0.05) is 31.9 Å². The molecule has 0 fully saturated rings. The molecule has 2 aromatic rings. The van der Waals surface area contributed by atoms with Crippen LogP contribution in [0.5, 0.6) is 5.75 Å². The van der Waals surface area contributed by atoms with E-state index in [-0.39, 0.29) is 12.1 Å². The molecule has 0 spiro atoms. The van der Waals surface area contributed by atoms with E-state index < -0.39 is 0 Å². The Morgan fingerprint density at radius 2 is 2.23 bits per heavy atom. The Balaban J connectivity index is 1.30. The van der Waals surface area contributed by atoms with E-state index in [9.17, 15) is 4.79 Å². The van der Waals surface area contributed by atoms with Crippen LogP contribution in [-0.2, 0) is 13.0 Å². The maximum Gasteiger partial charge on any atom is 0.314 e. The molecule has 0 bridgehead atoms. The van der Waals surface area contributed by atoms with Crippen molar-refractivity contribution in [3.63, 3.8) is 0 Å². The standard InChI is InChI=1S/C16H20N4O2/c21-16(17-7-3-9-20-10-4-8-19-20)18-12-14-11-13-5-1-2-6-15(13)22-14/h1-2,4-6,8,10,14H,3,7,9,11-12H2,(H2,17,18,21)/t14-/m1/s1. The lowest BCUT2D eigenvalue weighted by Gasteiger charge is -2.12. The smallest absolute Gasteiger partial charge is 0.314 e. The molecule has 0 saturated heterocycles. The van der Waals surface area contributed by atoms with Crippen molar-refractivity contribution in [1.29, 1.82) is 0 Å². The third kappa shape index (κ3) is 3.78. The lowest BCUT2D eigenvalue weighted by Crippen LogP contribution is -2.41. The van der Waals surface area contributed by atoms with Gasteiger partial charge in [-0.05, 0) is 24.1 Å². The van der Waals surface area contributed by atoms with Crippen LogP contribution < -0.4 is 15.4 Å². The van der Waals surface area contributed by atoms with Crippen molar-refractivity contribution in [2.45, 2.75) is 25.5 Å². The fraction of sp³-hybridized carbons (Fsp3) is 0.375. The average Bonchev–Trinajstić information content (AvgIpc) is 3.18. The molecule has 0 saturated carbocycles. The molecule has 1 aromatic carbocycles. The zero-order valence-electron chi connectivity index (χ0n) is 12.4. The van der Waals surface area contributed by atoms with Gasteiger partial charge in [-0.3, -0.25) is 4.68 Å². The number of amides is 2. The topological polar surface area (TPSA) is 68.2 Å². The average molecular weight is 300 g/mol. The van der Waals surface area contributed by atoms with Gasteiger partial charge in [0.05, 0.1) is 6.54 Å². The maximum absolute atomic E-state index is 11.7. The monoisotopic (exact) mass is 300 g/mol. The van der Waals surface area contributed by atoms with Gasteiger partial charge >= 0.3 is 6.03 Å². The summed E-state index contributed by atoms with van der Waals surface area (Å²) >= 11 is 0. The number of rotatable bonds is 6. The number of aryl methyl sites for hydroxylation is 1. The van der Waals surface area contributed by atoms with Gasteiger partial charge in [0.1, 0.15) is 11.9 Å². The summed E-state index contributed by atoms with van der Waals surface area (Å²) in [6.45, 7) is 1.94. The zero-order chi connectivity index (χ0) is 15.2. The van der Waals surface area contributed by atoms with Crippen molar-refractivity contribution in [3.05, 3.63) is 48.3 Å². The number of carbonyl (C=O) groups is 1. The van der Waals surface area contributed by atoms with Gasteiger partial charge < -0.3 is 15.4 Å². The van der Waals surface area contributed by atoms with Gasteiger partial charge in [-0.2, -0.15) is 5.10 Å². The first-order valence-corrected chi connectivity index (χ1v) is 7.55. The van der Waals surface area contributed by atoms with Crippen LogP contribution in [0.3, 0.4) is 0 Å². The van der Waals surface area contributed by atoms with E-state index in [1.165, 1.54) is 5.56 Å². The van der Waals surface area contributed by atoms with Crippen LogP contribution in [0.15, 0.2) is 42.7 Å². The molecule has 1 aromatic heterocycles. The number of hydrogen-bond acceptors (Lipinski definition) is 3. The number of fused-ring (bicyclic) bond motifs is 1. The molecule has 6 nitrogen and oxygen atoms in total. The van der Waals surface area contributed by atoms with Crippen LogP contribution in [0, 0.1) is 0 Å². The molecule has 1 aliphatic rings. The van der Waals surface area contributed by atoms with Crippen LogP contribution in [-0.4, -0.2) is 35.0 Å². The SMILES string of the molecule is O=C(NCCCn1cccn1)NC[C@H]1Cc2ccccc2O1. The number of para-hydroxylation sites is 1. The molecule has 0 radical (unpaired) electrons. The Morgan fingerprint density at radius 1 is 1.32 bits per heavy atom. The highest BCUT2D eigenvalue weighted by Gasteiger charge is 2.22. The first-order chi connectivity index (χ1) is 10.8. The van der Waals surface area contributed by atoms with Crippen molar-refractivity contribution in [2.75, 3.05) is 13.1 Å². The molecule has 0 unspecified atom stereocenters. The highest BCUT2D eigenvalue weighted by molar-refractivity contribution is 5.73. The molecule has 2 N–H and O–H groups in total. The lowest BCUT2D eigenvalue weighted by atomic mass is 10.1. The van der Waals surface area contributed by atoms with Crippen LogP contribution in [0.25, 0.3) is 0 Å².